The van der Waals surface area contributed by atoms with Crippen molar-refractivity contribution in [3.05, 3.63) is 69.5 Å². The second-order valence-corrected chi connectivity index (χ2v) is 6.82. The maximum absolute atomic E-state index is 13.0. The summed E-state index contributed by atoms with van der Waals surface area (Å²) < 4.78 is 13.0. The molecule has 5 nitrogen and oxygen atoms in total. The molecule has 0 aromatic heterocycles. The van der Waals surface area contributed by atoms with Gasteiger partial charge in [-0.1, -0.05) is 41.4 Å². The Morgan fingerprint density at radius 3 is 2.48 bits per heavy atom. The first-order valence-corrected chi connectivity index (χ1v) is 9.07. The van der Waals surface area contributed by atoms with Crippen LogP contribution in [0, 0.1) is 11.7 Å². The lowest BCUT2D eigenvalue weighted by molar-refractivity contribution is -0.121. The maximum atomic E-state index is 13.0. The number of hydrogen-bond donors (Lipinski definition) is 3. The summed E-state index contributed by atoms with van der Waals surface area (Å²) in [5, 5.41) is 7.32. The fourth-order valence-corrected chi connectivity index (χ4v) is 2.94. The van der Waals surface area contributed by atoms with Crippen molar-refractivity contribution in [3.63, 3.8) is 0 Å². The summed E-state index contributed by atoms with van der Waals surface area (Å²) in [6.07, 6.45) is 0.405. The van der Waals surface area contributed by atoms with E-state index in [4.69, 9.17) is 28.9 Å². The Hall–Kier alpha value is -2.31. The van der Waals surface area contributed by atoms with Gasteiger partial charge in [0.2, 0.25) is 5.91 Å². The van der Waals surface area contributed by atoms with Crippen LogP contribution in [-0.2, 0) is 17.8 Å². The minimum absolute atomic E-state index is 0.292. The van der Waals surface area contributed by atoms with Gasteiger partial charge in [-0.05, 0) is 41.8 Å². The van der Waals surface area contributed by atoms with Gasteiger partial charge < -0.3 is 16.4 Å². The molecule has 144 valence electrons. The molecule has 0 spiro atoms. The van der Waals surface area contributed by atoms with E-state index in [-0.39, 0.29) is 5.82 Å². The van der Waals surface area contributed by atoms with Crippen molar-refractivity contribution in [2.75, 3.05) is 13.6 Å². The van der Waals surface area contributed by atoms with Gasteiger partial charge in [0.1, 0.15) is 5.82 Å². The van der Waals surface area contributed by atoms with Crippen molar-refractivity contribution in [2.24, 2.45) is 16.6 Å². The van der Waals surface area contributed by atoms with Crippen molar-refractivity contribution in [3.8, 4) is 0 Å². The predicted molar refractivity (Wildman–Crippen MR) is 107 cm³/mol. The topological polar surface area (TPSA) is 79.5 Å². The molecule has 27 heavy (non-hydrogen) atoms. The molecule has 2 aromatic rings. The van der Waals surface area contributed by atoms with Crippen molar-refractivity contribution < 1.29 is 9.18 Å². The van der Waals surface area contributed by atoms with Gasteiger partial charge in [-0.3, -0.25) is 9.79 Å². The first-order chi connectivity index (χ1) is 12.9. The van der Waals surface area contributed by atoms with Gasteiger partial charge in [0.05, 0.1) is 5.92 Å². The molecule has 2 aromatic carbocycles. The van der Waals surface area contributed by atoms with Gasteiger partial charge in [0.25, 0.3) is 0 Å². The van der Waals surface area contributed by atoms with Crippen LogP contribution >= 0.6 is 23.2 Å². The van der Waals surface area contributed by atoms with Crippen LogP contribution in [0.1, 0.15) is 11.1 Å². The minimum Gasteiger partial charge on any atom is -0.369 e. The van der Waals surface area contributed by atoms with E-state index < -0.39 is 11.8 Å². The van der Waals surface area contributed by atoms with E-state index in [0.717, 1.165) is 11.1 Å². The van der Waals surface area contributed by atoms with Gasteiger partial charge >= 0.3 is 0 Å². The Kier molecular flexibility index (Phi) is 7.88. The Bertz CT molecular complexity index is 812. The zero-order valence-electron chi connectivity index (χ0n) is 14.8. The first-order valence-electron chi connectivity index (χ1n) is 8.31. The van der Waals surface area contributed by atoms with Gasteiger partial charge in [0.15, 0.2) is 5.96 Å². The van der Waals surface area contributed by atoms with E-state index in [2.05, 4.69) is 15.6 Å². The Balaban J connectivity index is 1.91. The quantitative estimate of drug-likeness (QED) is 0.484. The molecule has 1 unspecified atom stereocenters. The fourth-order valence-electron chi connectivity index (χ4n) is 2.46. The number of guanidine groups is 1. The number of benzene rings is 2. The van der Waals surface area contributed by atoms with Gasteiger partial charge in [-0.2, -0.15) is 0 Å². The Labute approximate surface area is 167 Å². The molecule has 0 fully saturated rings. The summed E-state index contributed by atoms with van der Waals surface area (Å²) in [6, 6.07) is 11.2. The molecule has 2 rings (SSSR count). The second kappa shape index (κ2) is 10.1. The van der Waals surface area contributed by atoms with Crippen LogP contribution in [0.2, 0.25) is 10.0 Å². The summed E-state index contributed by atoms with van der Waals surface area (Å²) in [4.78, 5) is 15.9. The fraction of sp³-hybridized carbons (Fsp3) is 0.263. The zero-order chi connectivity index (χ0) is 19.8. The van der Waals surface area contributed by atoms with Crippen LogP contribution in [0.15, 0.2) is 47.5 Å². The lowest BCUT2D eigenvalue weighted by Gasteiger charge is -2.17. The molecule has 0 aliphatic rings. The van der Waals surface area contributed by atoms with Crippen LogP contribution in [0.25, 0.3) is 0 Å². The Morgan fingerprint density at radius 2 is 1.89 bits per heavy atom. The molecular formula is C19H21Cl2FN4O. The largest absolute Gasteiger partial charge is 0.369 e. The monoisotopic (exact) mass is 410 g/mol. The molecule has 1 amide bonds. The molecular weight excluding hydrogens is 390 g/mol. The third-order valence-corrected chi connectivity index (χ3v) is 4.59. The lowest BCUT2D eigenvalue weighted by atomic mass is 9.98. The number of carbonyl (C=O) groups excluding carboxylic acids is 1. The average Bonchev–Trinajstić information content (AvgIpc) is 2.63. The second-order valence-electron chi connectivity index (χ2n) is 5.97. The normalized spacial score (nSPS) is 12.5. The number of aliphatic imine (C=N–C) groups is 1. The molecule has 0 saturated heterocycles. The van der Waals surface area contributed by atoms with E-state index in [9.17, 15) is 9.18 Å². The van der Waals surface area contributed by atoms with E-state index >= 15 is 0 Å². The summed E-state index contributed by atoms with van der Waals surface area (Å²) in [5.41, 5.74) is 7.19. The highest BCUT2D eigenvalue weighted by Gasteiger charge is 2.17. The molecule has 8 heteroatoms. The predicted octanol–water partition coefficient (Wildman–Crippen LogP) is 3.14. The summed E-state index contributed by atoms with van der Waals surface area (Å²) in [7, 11) is 1.62. The van der Waals surface area contributed by atoms with E-state index in [1.54, 1.807) is 31.3 Å². The van der Waals surface area contributed by atoms with Crippen LogP contribution in [-0.4, -0.2) is 25.5 Å². The third kappa shape index (κ3) is 6.73. The standard InChI is InChI=1S/C19H21Cl2FN4O/c1-24-19(25-10-13-4-5-15(20)9-17(13)21)26-11-14(18(23)27)8-12-2-6-16(22)7-3-12/h2-7,9,14H,8,10-11H2,1H3,(H2,23,27)(H2,24,25,26). The third-order valence-electron chi connectivity index (χ3n) is 4.00. The number of hydrogen-bond acceptors (Lipinski definition) is 2. The summed E-state index contributed by atoms with van der Waals surface area (Å²) in [5.74, 6) is -0.722. The highest BCUT2D eigenvalue weighted by atomic mass is 35.5. The van der Waals surface area contributed by atoms with Crippen molar-refractivity contribution in [1.29, 1.82) is 0 Å². The zero-order valence-corrected chi connectivity index (χ0v) is 16.3. The smallest absolute Gasteiger partial charge is 0.222 e. The molecule has 0 aliphatic carbocycles. The van der Waals surface area contributed by atoms with E-state index in [1.807, 2.05) is 6.07 Å². The summed E-state index contributed by atoms with van der Waals surface area (Å²) >= 11 is 12.0. The maximum Gasteiger partial charge on any atom is 0.222 e. The number of amides is 1. The van der Waals surface area contributed by atoms with Crippen LogP contribution in [0.3, 0.4) is 0 Å². The molecule has 0 heterocycles. The van der Waals surface area contributed by atoms with Crippen LogP contribution < -0.4 is 16.4 Å². The van der Waals surface area contributed by atoms with Crippen molar-refractivity contribution in [1.82, 2.24) is 10.6 Å². The number of primary amides is 1. The number of halogens is 3. The average molecular weight is 411 g/mol. The number of nitrogens with one attached hydrogen (secondary N) is 2. The first kappa shape index (κ1) is 21.0. The number of nitrogens with two attached hydrogens (primary N) is 1. The van der Waals surface area contributed by atoms with Gasteiger partial charge in [-0.25, -0.2) is 4.39 Å². The highest BCUT2D eigenvalue weighted by Crippen LogP contribution is 2.20. The molecule has 0 radical (unpaired) electrons. The van der Waals surface area contributed by atoms with E-state index in [1.165, 1.54) is 12.1 Å². The summed E-state index contributed by atoms with van der Waals surface area (Å²) in [6.45, 7) is 0.732. The van der Waals surface area contributed by atoms with Crippen LogP contribution in [0.4, 0.5) is 4.39 Å². The van der Waals surface area contributed by atoms with Gasteiger partial charge in [0, 0.05) is 30.2 Å². The number of rotatable bonds is 7. The van der Waals surface area contributed by atoms with Crippen LogP contribution in [0.5, 0.6) is 0 Å². The lowest BCUT2D eigenvalue weighted by Crippen LogP contribution is -2.42. The highest BCUT2D eigenvalue weighted by molar-refractivity contribution is 6.35. The van der Waals surface area contributed by atoms with Crippen molar-refractivity contribution in [2.45, 2.75) is 13.0 Å². The molecule has 0 bridgehead atoms. The van der Waals surface area contributed by atoms with E-state index in [0.29, 0.717) is 35.5 Å². The molecule has 1 atom stereocenters. The number of carbonyl (C=O) groups is 1. The SMILES string of the molecule is CN=C(NCc1ccc(Cl)cc1Cl)NCC(Cc1ccc(F)cc1)C(N)=O. The molecule has 0 aliphatic heterocycles. The van der Waals surface area contributed by atoms with Crippen molar-refractivity contribution >= 4 is 35.1 Å². The minimum atomic E-state index is -0.465. The molecule has 0 saturated carbocycles. The number of nitrogens with zero attached hydrogens (tertiary/aromatic N) is 1. The van der Waals surface area contributed by atoms with Gasteiger partial charge in [-0.15, -0.1) is 0 Å². The molecule has 4 N–H and O–H groups in total. The Morgan fingerprint density at radius 1 is 1.19 bits per heavy atom.